The second-order valence-electron chi connectivity index (χ2n) is 9.75. The van der Waals surface area contributed by atoms with E-state index in [0.29, 0.717) is 28.6 Å². The Hall–Kier alpha value is -1.98. The van der Waals surface area contributed by atoms with Gasteiger partial charge in [0.2, 0.25) is 8.32 Å². The lowest BCUT2D eigenvalue weighted by molar-refractivity contribution is -0.155. The molecule has 1 heterocycles. The van der Waals surface area contributed by atoms with Crippen molar-refractivity contribution in [3.63, 3.8) is 0 Å². The van der Waals surface area contributed by atoms with Crippen LogP contribution in [0.1, 0.15) is 71.3 Å². The number of rotatable bonds is 9. The summed E-state index contributed by atoms with van der Waals surface area (Å²) in [6.07, 6.45) is 3.77. The van der Waals surface area contributed by atoms with Gasteiger partial charge in [0.05, 0.1) is 6.04 Å². The van der Waals surface area contributed by atoms with Gasteiger partial charge in [0.25, 0.3) is 11.8 Å². The molecule has 2 amide bonds. The van der Waals surface area contributed by atoms with Gasteiger partial charge in [0.15, 0.2) is 0 Å². The third-order valence-electron chi connectivity index (χ3n) is 6.46. The van der Waals surface area contributed by atoms with Gasteiger partial charge in [-0.3, -0.25) is 14.5 Å². The Bertz CT molecular complexity index is 830. The van der Waals surface area contributed by atoms with Crippen molar-refractivity contribution in [2.45, 2.75) is 90.6 Å². The van der Waals surface area contributed by atoms with Crippen molar-refractivity contribution in [1.29, 1.82) is 0 Å². The van der Waals surface area contributed by atoms with Gasteiger partial charge in [-0.2, -0.15) is 0 Å². The number of allylic oxidation sites excluding steroid dienone is 2. The van der Waals surface area contributed by atoms with Crippen LogP contribution in [0.4, 0.5) is 0 Å². The van der Waals surface area contributed by atoms with E-state index in [2.05, 4.69) is 48.1 Å². The molecular formula is C26H39NO3Si. The number of benzene rings is 1. The van der Waals surface area contributed by atoms with Crippen LogP contribution in [-0.4, -0.2) is 37.2 Å². The molecule has 0 radical (unpaired) electrons. The fourth-order valence-electron chi connectivity index (χ4n) is 5.16. The monoisotopic (exact) mass is 441 g/mol. The Balaban J connectivity index is 2.44. The summed E-state index contributed by atoms with van der Waals surface area (Å²) in [7, 11) is -2.26. The number of carbonyl (C=O) groups excluding carboxylic acids is 2. The highest BCUT2D eigenvalue weighted by atomic mass is 28.4. The van der Waals surface area contributed by atoms with E-state index in [1.54, 1.807) is 12.1 Å². The number of likely N-dealkylation sites (tertiary alicyclic amines) is 1. The second kappa shape index (κ2) is 10.1. The first-order valence-electron chi connectivity index (χ1n) is 11.4. The van der Waals surface area contributed by atoms with Crippen LogP contribution in [0.5, 0.6) is 0 Å². The van der Waals surface area contributed by atoms with Crippen molar-refractivity contribution in [1.82, 2.24) is 4.90 Å². The fraction of sp³-hybridized carbons (Fsp3) is 0.538. The molecule has 0 N–H and O–H groups in total. The average molecular weight is 442 g/mol. The minimum absolute atomic E-state index is 0.222. The molecule has 0 saturated carbocycles. The van der Waals surface area contributed by atoms with Crippen LogP contribution >= 0.6 is 0 Å². The summed E-state index contributed by atoms with van der Waals surface area (Å²) in [6, 6.07) is 7.07. The summed E-state index contributed by atoms with van der Waals surface area (Å²) in [6.45, 7) is 21.0. The number of β-lactam (4-membered cyclic amide) rings is 1. The quantitative estimate of drug-likeness (QED) is 0.196. The van der Waals surface area contributed by atoms with Crippen LogP contribution in [0.25, 0.3) is 0 Å². The minimum Gasteiger partial charge on any atom is -0.402 e. The van der Waals surface area contributed by atoms with Crippen molar-refractivity contribution in [2.24, 2.45) is 0 Å². The number of amides is 2. The van der Waals surface area contributed by atoms with Crippen molar-refractivity contribution in [3.05, 3.63) is 59.7 Å². The normalized spacial score (nSPS) is 19.1. The third kappa shape index (κ3) is 4.78. The Labute approximate surface area is 189 Å². The maximum Gasteiger partial charge on any atom is 0.261 e. The largest absolute Gasteiger partial charge is 0.402 e. The van der Waals surface area contributed by atoms with E-state index >= 15 is 0 Å². The maximum absolute atomic E-state index is 13.4. The topological polar surface area (TPSA) is 46.6 Å². The molecule has 0 unspecified atom stereocenters. The number of hydrogen-bond acceptors (Lipinski definition) is 3. The molecule has 1 aromatic carbocycles. The van der Waals surface area contributed by atoms with Gasteiger partial charge in [-0.25, -0.2) is 0 Å². The van der Waals surface area contributed by atoms with Crippen molar-refractivity contribution >= 4 is 20.1 Å². The van der Waals surface area contributed by atoms with Crippen LogP contribution in [0.15, 0.2) is 48.6 Å². The first-order valence-corrected chi connectivity index (χ1v) is 13.5. The fourth-order valence-corrected chi connectivity index (χ4v) is 10.7. The molecule has 1 saturated heterocycles. The predicted octanol–water partition coefficient (Wildman–Crippen LogP) is 6.29. The molecule has 2 atom stereocenters. The molecule has 1 aliphatic heterocycles. The molecule has 0 aromatic heterocycles. The van der Waals surface area contributed by atoms with E-state index < -0.39 is 14.4 Å². The predicted molar refractivity (Wildman–Crippen MR) is 131 cm³/mol. The maximum atomic E-state index is 13.4. The summed E-state index contributed by atoms with van der Waals surface area (Å²) >= 11 is 0. The highest BCUT2D eigenvalue weighted by Gasteiger charge is 2.56. The number of nitrogens with zero attached hydrogens (tertiary/aromatic N) is 1. The van der Waals surface area contributed by atoms with E-state index in [-0.39, 0.29) is 17.9 Å². The lowest BCUT2D eigenvalue weighted by Crippen LogP contribution is -2.70. The number of imide groups is 1. The van der Waals surface area contributed by atoms with Gasteiger partial charge < -0.3 is 4.43 Å². The standard InChI is InChI=1S/C26H39NO3Si/c1-10-13-21-14-11-12-15-22(21)25(28)27-23(16-17(2)3)24(26(27)29)30-31(18(4)5,19(6)7)20(8)9/h10-12,14-16,18-20,23-24H,1,13H2,2-9H3/t23-,24+/m0/s1. The van der Waals surface area contributed by atoms with E-state index in [9.17, 15) is 9.59 Å². The molecule has 1 aliphatic rings. The zero-order chi connectivity index (χ0) is 23.5. The molecule has 2 rings (SSSR count). The molecule has 5 heteroatoms. The lowest BCUT2D eigenvalue weighted by Gasteiger charge is -2.51. The van der Waals surface area contributed by atoms with Gasteiger partial charge in [0, 0.05) is 5.56 Å². The zero-order valence-corrected chi connectivity index (χ0v) is 21.4. The molecule has 1 fully saturated rings. The molecular weight excluding hydrogens is 402 g/mol. The Morgan fingerprint density at radius 3 is 2.13 bits per heavy atom. The smallest absolute Gasteiger partial charge is 0.261 e. The van der Waals surface area contributed by atoms with Gasteiger partial charge >= 0.3 is 0 Å². The van der Waals surface area contributed by atoms with Crippen LogP contribution in [0.3, 0.4) is 0 Å². The molecule has 0 spiro atoms. The van der Waals surface area contributed by atoms with Gasteiger partial charge in [0.1, 0.15) is 6.10 Å². The summed E-state index contributed by atoms with van der Waals surface area (Å²) in [5.41, 5.74) is 3.60. The van der Waals surface area contributed by atoms with Gasteiger partial charge in [-0.15, -0.1) is 6.58 Å². The van der Waals surface area contributed by atoms with E-state index in [1.165, 1.54) is 4.90 Å². The van der Waals surface area contributed by atoms with E-state index in [1.807, 2.05) is 38.1 Å². The summed E-state index contributed by atoms with van der Waals surface area (Å²) < 4.78 is 6.81. The van der Waals surface area contributed by atoms with Gasteiger partial charge in [-0.05, 0) is 48.5 Å². The van der Waals surface area contributed by atoms with E-state index in [0.717, 1.165) is 11.1 Å². The average Bonchev–Trinajstić information content (AvgIpc) is 2.67. The summed E-state index contributed by atoms with van der Waals surface area (Å²) in [5.74, 6) is -0.476. The Morgan fingerprint density at radius 1 is 1.10 bits per heavy atom. The van der Waals surface area contributed by atoms with E-state index in [4.69, 9.17) is 4.43 Å². The second-order valence-corrected chi connectivity index (χ2v) is 15.2. The van der Waals surface area contributed by atoms with Crippen LogP contribution in [0, 0.1) is 0 Å². The zero-order valence-electron chi connectivity index (χ0n) is 20.4. The van der Waals surface area contributed by atoms with Crippen molar-refractivity contribution in [2.75, 3.05) is 0 Å². The summed E-state index contributed by atoms with van der Waals surface area (Å²) in [4.78, 5) is 28.2. The Kier molecular flexibility index (Phi) is 8.23. The van der Waals surface area contributed by atoms with Crippen LogP contribution in [-0.2, 0) is 15.6 Å². The van der Waals surface area contributed by atoms with Crippen LogP contribution < -0.4 is 0 Å². The first kappa shape index (κ1) is 25.3. The third-order valence-corrected chi connectivity index (χ3v) is 12.5. The SMILES string of the molecule is C=CCc1ccccc1C(=O)N1C(=O)[C@H](O[Si](C(C)C)(C(C)C)C(C)C)[C@@H]1C=C(C)C. The number of carbonyl (C=O) groups is 2. The van der Waals surface area contributed by atoms with Gasteiger partial charge in [-0.1, -0.05) is 77.5 Å². The molecule has 0 aliphatic carbocycles. The summed E-state index contributed by atoms with van der Waals surface area (Å²) in [5, 5.41) is 0. The number of hydrogen-bond donors (Lipinski definition) is 0. The molecule has 170 valence electrons. The van der Waals surface area contributed by atoms with Crippen molar-refractivity contribution in [3.8, 4) is 0 Å². The molecule has 0 bridgehead atoms. The highest BCUT2D eigenvalue weighted by molar-refractivity contribution is 6.77. The molecule has 31 heavy (non-hydrogen) atoms. The highest BCUT2D eigenvalue weighted by Crippen LogP contribution is 2.45. The lowest BCUT2D eigenvalue weighted by atomic mass is 9.93. The molecule has 4 nitrogen and oxygen atoms in total. The van der Waals surface area contributed by atoms with Crippen molar-refractivity contribution < 1.29 is 14.0 Å². The molecule has 1 aromatic rings. The minimum atomic E-state index is -2.26. The Morgan fingerprint density at radius 2 is 1.65 bits per heavy atom. The first-order chi connectivity index (χ1) is 14.5. The van der Waals surface area contributed by atoms with Crippen LogP contribution in [0.2, 0.25) is 16.6 Å².